The van der Waals surface area contributed by atoms with Crippen molar-refractivity contribution >= 4 is 0 Å². The van der Waals surface area contributed by atoms with E-state index in [2.05, 4.69) is 0 Å². The van der Waals surface area contributed by atoms with Crippen molar-refractivity contribution in [2.75, 3.05) is 13.2 Å². The summed E-state index contributed by atoms with van der Waals surface area (Å²) >= 11 is 0. The van der Waals surface area contributed by atoms with Crippen molar-refractivity contribution in [3.8, 4) is 0 Å². The maximum absolute atomic E-state index is 8.35. The molecule has 0 aliphatic rings. The first-order chi connectivity index (χ1) is 4.31. The molecule has 0 saturated carbocycles. The van der Waals surface area contributed by atoms with Crippen molar-refractivity contribution in [2.24, 2.45) is 0 Å². The first-order valence-corrected chi connectivity index (χ1v) is 3.18. The average Bonchev–Trinajstić information content (AvgIpc) is 1.89. The molecule has 0 spiro atoms. The van der Waals surface area contributed by atoms with Crippen LogP contribution in [0.15, 0.2) is 11.8 Å². The molecule has 0 amide bonds. The van der Waals surface area contributed by atoms with E-state index in [0.29, 0.717) is 13.0 Å². The molecule has 0 fully saturated rings. The molecule has 0 rings (SSSR count). The van der Waals surface area contributed by atoms with Crippen LogP contribution in [0.25, 0.3) is 0 Å². The highest BCUT2D eigenvalue weighted by molar-refractivity contribution is 4.83. The summed E-state index contributed by atoms with van der Waals surface area (Å²) in [6, 6.07) is 0. The summed E-state index contributed by atoms with van der Waals surface area (Å²) in [6.45, 7) is 4.65. The van der Waals surface area contributed by atoms with Gasteiger partial charge in [0.15, 0.2) is 0 Å². The number of rotatable bonds is 4. The molecule has 9 heavy (non-hydrogen) atoms. The van der Waals surface area contributed by atoms with Gasteiger partial charge in [-0.2, -0.15) is 0 Å². The fourth-order valence-corrected chi connectivity index (χ4v) is 0.381. The summed E-state index contributed by atoms with van der Waals surface area (Å²) in [4.78, 5) is 0. The first-order valence-electron chi connectivity index (χ1n) is 3.18. The topological polar surface area (TPSA) is 29.5 Å². The van der Waals surface area contributed by atoms with Gasteiger partial charge in [-0.25, -0.2) is 0 Å². The van der Waals surface area contributed by atoms with E-state index in [1.54, 1.807) is 0 Å². The Morgan fingerprint density at radius 2 is 2.33 bits per heavy atom. The zero-order valence-electron chi connectivity index (χ0n) is 6.05. The molecule has 0 aromatic carbocycles. The summed E-state index contributed by atoms with van der Waals surface area (Å²) in [6.07, 6.45) is 2.61. The third-order valence-electron chi connectivity index (χ3n) is 1.04. The highest BCUT2D eigenvalue weighted by Gasteiger charge is 1.85. The number of aliphatic hydroxyl groups is 1. The minimum absolute atomic E-state index is 0.205. The summed E-state index contributed by atoms with van der Waals surface area (Å²) in [5.74, 6) is 0.920. The Morgan fingerprint density at radius 1 is 1.67 bits per heavy atom. The van der Waals surface area contributed by atoms with E-state index < -0.39 is 0 Å². The average molecular weight is 130 g/mol. The Hall–Kier alpha value is -0.500. The van der Waals surface area contributed by atoms with Crippen LogP contribution in [0.2, 0.25) is 0 Å². The van der Waals surface area contributed by atoms with Crippen LogP contribution in [-0.2, 0) is 4.74 Å². The lowest BCUT2D eigenvalue weighted by atomic mass is 10.5. The van der Waals surface area contributed by atoms with Crippen molar-refractivity contribution in [1.29, 1.82) is 0 Å². The van der Waals surface area contributed by atoms with Crippen LogP contribution >= 0.6 is 0 Å². The second kappa shape index (κ2) is 5.63. The lowest BCUT2D eigenvalue weighted by molar-refractivity contribution is 0.177. The van der Waals surface area contributed by atoms with Gasteiger partial charge in [0, 0.05) is 13.0 Å². The van der Waals surface area contributed by atoms with Crippen LogP contribution in [0.1, 0.15) is 20.3 Å². The molecule has 0 unspecified atom stereocenters. The van der Waals surface area contributed by atoms with Crippen molar-refractivity contribution in [1.82, 2.24) is 0 Å². The van der Waals surface area contributed by atoms with Crippen molar-refractivity contribution < 1.29 is 9.84 Å². The molecule has 1 N–H and O–H groups in total. The molecule has 0 aliphatic heterocycles. The fraction of sp³-hybridized carbons (Fsp3) is 0.714. The quantitative estimate of drug-likeness (QED) is 0.459. The normalized spacial score (nSPS) is 11.7. The van der Waals surface area contributed by atoms with Crippen LogP contribution in [0.5, 0.6) is 0 Å². The van der Waals surface area contributed by atoms with E-state index in [-0.39, 0.29) is 6.61 Å². The third-order valence-corrected chi connectivity index (χ3v) is 1.04. The molecule has 2 heteroatoms. The summed E-state index contributed by atoms with van der Waals surface area (Å²) in [5, 5.41) is 8.35. The number of allylic oxidation sites excluding steroid dienone is 2. The SMILES string of the molecule is CC=C(C)OCCCO. The number of hydrogen-bond donors (Lipinski definition) is 1. The largest absolute Gasteiger partial charge is 0.498 e. The molecule has 0 saturated heterocycles. The number of aliphatic hydroxyl groups excluding tert-OH is 1. The molecule has 2 nitrogen and oxygen atoms in total. The summed E-state index contributed by atoms with van der Waals surface area (Å²) in [5.41, 5.74) is 0. The number of ether oxygens (including phenoxy) is 1. The van der Waals surface area contributed by atoms with Gasteiger partial charge in [0.25, 0.3) is 0 Å². The highest BCUT2D eigenvalue weighted by Crippen LogP contribution is 1.94. The molecule has 0 aromatic rings. The zero-order valence-corrected chi connectivity index (χ0v) is 6.05. The number of hydrogen-bond acceptors (Lipinski definition) is 2. The van der Waals surface area contributed by atoms with Gasteiger partial charge >= 0.3 is 0 Å². The van der Waals surface area contributed by atoms with Crippen molar-refractivity contribution in [3.63, 3.8) is 0 Å². The van der Waals surface area contributed by atoms with Crippen LogP contribution in [-0.4, -0.2) is 18.3 Å². The van der Waals surface area contributed by atoms with E-state index in [4.69, 9.17) is 9.84 Å². The van der Waals surface area contributed by atoms with Crippen molar-refractivity contribution in [3.05, 3.63) is 11.8 Å². The lowest BCUT2D eigenvalue weighted by Gasteiger charge is -2.02. The minimum Gasteiger partial charge on any atom is -0.498 e. The van der Waals surface area contributed by atoms with Gasteiger partial charge in [0.05, 0.1) is 12.4 Å². The molecule has 0 aromatic heterocycles. The van der Waals surface area contributed by atoms with Crippen molar-refractivity contribution in [2.45, 2.75) is 20.3 Å². The molecule has 0 atom stereocenters. The Balaban J connectivity index is 3.07. The van der Waals surface area contributed by atoms with Crippen LogP contribution in [0.4, 0.5) is 0 Å². The Labute approximate surface area is 56.1 Å². The standard InChI is InChI=1S/C7H14O2/c1-3-7(2)9-6-4-5-8/h3,8H,4-6H2,1-2H3. The third kappa shape index (κ3) is 5.37. The summed E-state index contributed by atoms with van der Waals surface area (Å²) < 4.78 is 5.13. The van der Waals surface area contributed by atoms with Gasteiger partial charge in [0.1, 0.15) is 0 Å². The van der Waals surface area contributed by atoms with E-state index in [1.165, 1.54) is 0 Å². The maximum atomic E-state index is 8.35. The van der Waals surface area contributed by atoms with E-state index in [0.717, 1.165) is 5.76 Å². The molecular formula is C7H14O2. The predicted octanol–water partition coefficient (Wildman–Crippen LogP) is 1.31. The molecule has 0 bridgehead atoms. The van der Waals surface area contributed by atoms with E-state index >= 15 is 0 Å². The predicted molar refractivity (Wildman–Crippen MR) is 37.1 cm³/mol. The minimum atomic E-state index is 0.205. The van der Waals surface area contributed by atoms with Gasteiger partial charge in [0.2, 0.25) is 0 Å². The second-order valence-corrected chi connectivity index (χ2v) is 1.82. The van der Waals surface area contributed by atoms with Gasteiger partial charge in [-0.15, -0.1) is 0 Å². The van der Waals surface area contributed by atoms with Gasteiger partial charge in [-0.05, 0) is 13.8 Å². The van der Waals surface area contributed by atoms with Crippen LogP contribution in [0.3, 0.4) is 0 Å². The molecule has 0 heterocycles. The zero-order chi connectivity index (χ0) is 7.11. The molecule has 54 valence electrons. The molecule has 0 radical (unpaired) electrons. The van der Waals surface area contributed by atoms with E-state index in [9.17, 15) is 0 Å². The molecular weight excluding hydrogens is 116 g/mol. The Bertz CT molecular complexity index is 86.9. The Kier molecular flexibility index (Phi) is 5.32. The van der Waals surface area contributed by atoms with Gasteiger partial charge in [-0.3, -0.25) is 0 Å². The fourth-order valence-electron chi connectivity index (χ4n) is 0.381. The van der Waals surface area contributed by atoms with Gasteiger partial charge in [-0.1, -0.05) is 6.08 Å². The van der Waals surface area contributed by atoms with Gasteiger partial charge < -0.3 is 9.84 Å². The lowest BCUT2D eigenvalue weighted by Crippen LogP contribution is -1.94. The highest BCUT2D eigenvalue weighted by atomic mass is 16.5. The second-order valence-electron chi connectivity index (χ2n) is 1.82. The molecule has 0 aliphatic carbocycles. The monoisotopic (exact) mass is 130 g/mol. The Morgan fingerprint density at radius 3 is 2.78 bits per heavy atom. The van der Waals surface area contributed by atoms with E-state index in [1.807, 2.05) is 19.9 Å². The van der Waals surface area contributed by atoms with Crippen LogP contribution < -0.4 is 0 Å². The summed E-state index contributed by atoms with van der Waals surface area (Å²) in [7, 11) is 0. The smallest absolute Gasteiger partial charge is 0.0898 e. The maximum Gasteiger partial charge on any atom is 0.0898 e. The van der Waals surface area contributed by atoms with Crippen LogP contribution in [0, 0.1) is 0 Å². The first kappa shape index (κ1) is 8.50.